The fourth-order valence-corrected chi connectivity index (χ4v) is 2.70. The summed E-state index contributed by atoms with van der Waals surface area (Å²) < 4.78 is 38.0. The van der Waals surface area contributed by atoms with Gasteiger partial charge in [0.25, 0.3) is 0 Å². The van der Waals surface area contributed by atoms with Gasteiger partial charge in [-0.05, 0) is 31.0 Å². The summed E-state index contributed by atoms with van der Waals surface area (Å²) in [6.07, 6.45) is 1.07. The van der Waals surface area contributed by atoms with Gasteiger partial charge >= 0.3 is 6.18 Å². The van der Waals surface area contributed by atoms with Gasteiger partial charge in [0, 0.05) is 6.04 Å². The molecule has 0 aromatic heterocycles. The Labute approximate surface area is 132 Å². The van der Waals surface area contributed by atoms with Crippen molar-refractivity contribution in [1.29, 1.82) is 0 Å². The van der Waals surface area contributed by atoms with Crippen LogP contribution in [0.2, 0.25) is 5.02 Å². The zero-order valence-corrected chi connectivity index (χ0v) is 12.7. The molecule has 0 radical (unpaired) electrons. The summed E-state index contributed by atoms with van der Waals surface area (Å²) >= 11 is 5.84. The average Bonchev–Trinajstić information content (AvgIpc) is 2.47. The molecule has 0 spiro atoms. The molecule has 0 aliphatic heterocycles. The van der Waals surface area contributed by atoms with E-state index in [1.54, 1.807) is 0 Å². The molecule has 0 heterocycles. The van der Waals surface area contributed by atoms with Gasteiger partial charge < -0.3 is 10.6 Å². The summed E-state index contributed by atoms with van der Waals surface area (Å²) in [4.78, 5) is 11.9. The molecule has 1 aliphatic rings. The number of halogens is 4. The van der Waals surface area contributed by atoms with Gasteiger partial charge in [-0.15, -0.1) is 0 Å². The molecule has 2 rings (SSSR count). The first-order valence-corrected chi connectivity index (χ1v) is 7.64. The number of alkyl halides is 3. The van der Waals surface area contributed by atoms with E-state index >= 15 is 0 Å². The average molecular weight is 335 g/mol. The quantitative estimate of drug-likeness (QED) is 0.865. The predicted octanol–water partition coefficient (Wildman–Crippen LogP) is 4.22. The Morgan fingerprint density at radius 2 is 1.91 bits per heavy atom. The fourth-order valence-electron chi connectivity index (χ4n) is 2.54. The van der Waals surface area contributed by atoms with Gasteiger partial charge in [-0.2, -0.15) is 13.2 Å². The van der Waals surface area contributed by atoms with Crippen molar-refractivity contribution in [3.8, 4) is 0 Å². The van der Waals surface area contributed by atoms with Gasteiger partial charge in [-0.25, -0.2) is 0 Å². The summed E-state index contributed by atoms with van der Waals surface area (Å²) in [5.74, 6) is -0.396. The van der Waals surface area contributed by atoms with Crippen LogP contribution in [0.4, 0.5) is 18.9 Å². The summed E-state index contributed by atoms with van der Waals surface area (Å²) in [6, 6.07) is 3.17. The van der Waals surface area contributed by atoms with Crippen LogP contribution in [-0.4, -0.2) is 18.5 Å². The highest BCUT2D eigenvalue weighted by molar-refractivity contribution is 6.33. The highest BCUT2D eigenvalue weighted by atomic mass is 35.5. The standard InChI is InChI=1S/C15H18ClF3N2O/c16-12-7-6-10(15(17,18)19)8-13(12)21-14(22)9-20-11-4-2-1-3-5-11/h6-8,11,20H,1-5,9H2,(H,21,22). The third-order valence-corrected chi connectivity index (χ3v) is 4.05. The number of hydrogen-bond acceptors (Lipinski definition) is 2. The third kappa shape index (κ3) is 4.88. The highest BCUT2D eigenvalue weighted by Gasteiger charge is 2.31. The van der Waals surface area contributed by atoms with Crippen molar-refractivity contribution in [2.24, 2.45) is 0 Å². The monoisotopic (exact) mass is 334 g/mol. The van der Waals surface area contributed by atoms with Crippen molar-refractivity contribution in [3.05, 3.63) is 28.8 Å². The molecule has 3 nitrogen and oxygen atoms in total. The number of anilines is 1. The van der Waals surface area contributed by atoms with Gasteiger partial charge in [-0.3, -0.25) is 4.79 Å². The van der Waals surface area contributed by atoms with E-state index in [1.165, 1.54) is 6.42 Å². The van der Waals surface area contributed by atoms with E-state index in [-0.39, 0.29) is 17.3 Å². The molecule has 1 aromatic carbocycles. The Hall–Kier alpha value is -1.27. The number of benzene rings is 1. The summed E-state index contributed by atoms with van der Waals surface area (Å²) in [6.45, 7) is 0.0667. The second-order valence-corrected chi connectivity index (χ2v) is 5.86. The molecule has 0 atom stereocenters. The fraction of sp³-hybridized carbons (Fsp3) is 0.533. The molecule has 0 saturated heterocycles. The molecule has 1 amide bonds. The Morgan fingerprint density at radius 1 is 1.23 bits per heavy atom. The third-order valence-electron chi connectivity index (χ3n) is 3.72. The van der Waals surface area contributed by atoms with E-state index in [9.17, 15) is 18.0 Å². The van der Waals surface area contributed by atoms with E-state index in [0.717, 1.165) is 43.9 Å². The Bertz CT molecular complexity index is 528. The van der Waals surface area contributed by atoms with Crippen LogP contribution in [0.25, 0.3) is 0 Å². The number of amides is 1. The minimum absolute atomic E-state index is 0.0214. The van der Waals surface area contributed by atoms with Gasteiger partial charge in [0.2, 0.25) is 5.91 Å². The van der Waals surface area contributed by atoms with Crippen molar-refractivity contribution in [2.75, 3.05) is 11.9 Å². The predicted molar refractivity (Wildman–Crippen MR) is 80.0 cm³/mol. The molecule has 1 aliphatic carbocycles. The van der Waals surface area contributed by atoms with Crippen molar-refractivity contribution in [3.63, 3.8) is 0 Å². The van der Waals surface area contributed by atoms with Crippen LogP contribution in [0.1, 0.15) is 37.7 Å². The maximum atomic E-state index is 12.7. The topological polar surface area (TPSA) is 41.1 Å². The van der Waals surface area contributed by atoms with Gasteiger partial charge in [0.15, 0.2) is 0 Å². The lowest BCUT2D eigenvalue weighted by atomic mass is 9.95. The lowest BCUT2D eigenvalue weighted by Crippen LogP contribution is -2.37. The summed E-state index contributed by atoms with van der Waals surface area (Å²) in [7, 11) is 0. The lowest BCUT2D eigenvalue weighted by molar-refractivity contribution is -0.137. The SMILES string of the molecule is O=C(CNC1CCCCC1)Nc1cc(C(F)(F)F)ccc1Cl. The van der Waals surface area contributed by atoms with E-state index in [2.05, 4.69) is 10.6 Å². The largest absolute Gasteiger partial charge is 0.416 e. The molecule has 122 valence electrons. The van der Waals surface area contributed by atoms with Crippen molar-refractivity contribution >= 4 is 23.2 Å². The van der Waals surface area contributed by atoms with Crippen LogP contribution < -0.4 is 10.6 Å². The number of hydrogen-bond donors (Lipinski definition) is 2. The Morgan fingerprint density at radius 3 is 2.55 bits per heavy atom. The van der Waals surface area contributed by atoms with Crippen molar-refractivity contribution in [2.45, 2.75) is 44.3 Å². The zero-order chi connectivity index (χ0) is 16.2. The summed E-state index contributed by atoms with van der Waals surface area (Å²) in [5, 5.41) is 5.64. The normalized spacial score (nSPS) is 16.5. The van der Waals surface area contributed by atoms with Crippen LogP contribution in [0.15, 0.2) is 18.2 Å². The molecule has 0 unspecified atom stereocenters. The Kier molecular flexibility index (Phi) is 5.69. The first-order chi connectivity index (χ1) is 10.4. The minimum Gasteiger partial charge on any atom is -0.324 e. The number of nitrogens with one attached hydrogen (secondary N) is 2. The molecule has 7 heteroatoms. The molecular weight excluding hydrogens is 317 g/mol. The molecule has 1 fully saturated rings. The van der Waals surface area contributed by atoms with Crippen LogP contribution in [-0.2, 0) is 11.0 Å². The smallest absolute Gasteiger partial charge is 0.324 e. The van der Waals surface area contributed by atoms with Crippen molar-refractivity contribution < 1.29 is 18.0 Å². The Balaban J connectivity index is 1.93. The van der Waals surface area contributed by atoms with Crippen LogP contribution in [0.5, 0.6) is 0 Å². The molecular formula is C15H18ClF3N2O. The number of rotatable bonds is 4. The zero-order valence-electron chi connectivity index (χ0n) is 12.0. The molecule has 1 saturated carbocycles. The molecule has 2 N–H and O–H groups in total. The molecule has 22 heavy (non-hydrogen) atoms. The first kappa shape index (κ1) is 17.1. The lowest BCUT2D eigenvalue weighted by Gasteiger charge is -2.22. The van der Waals surface area contributed by atoms with Crippen LogP contribution in [0, 0.1) is 0 Å². The van der Waals surface area contributed by atoms with E-state index in [1.807, 2.05) is 0 Å². The maximum Gasteiger partial charge on any atom is 0.416 e. The minimum atomic E-state index is -4.47. The van der Waals surface area contributed by atoms with Crippen LogP contribution >= 0.6 is 11.6 Å². The molecule has 1 aromatic rings. The second kappa shape index (κ2) is 7.33. The van der Waals surface area contributed by atoms with Gasteiger partial charge in [0.1, 0.15) is 0 Å². The first-order valence-electron chi connectivity index (χ1n) is 7.26. The number of carbonyl (C=O) groups is 1. The summed E-state index contributed by atoms with van der Waals surface area (Å²) in [5.41, 5.74) is -0.862. The maximum absolute atomic E-state index is 12.7. The van der Waals surface area contributed by atoms with E-state index in [4.69, 9.17) is 11.6 Å². The number of carbonyl (C=O) groups excluding carboxylic acids is 1. The second-order valence-electron chi connectivity index (χ2n) is 5.46. The van der Waals surface area contributed by atoms with E-state index in [0.29, 0.717) is 6.04 Å². The van der Waals surface area contributed by atoms with Crippen molar-refractivity contribution in [1.82, 2.24) is 5.32 Å². The van der Waals surface area contributed by atoms with Crippen LogP contribution in [0.3, 0.4) is 0 Å². The van der Waals surface area contributed by atoms with Gasteiger partial charge in [0.05, 0.1) is 22.8 Å². The highest BCUT2D eigenvalue weighted by Crippen LogP contribution is 2.33. The van der Waals surface area contributed by atoms with E-state index < -0.39 is 17.6 Å². The molecule has 0 bridgehead atoms. The van der Waals surface area contributed by atoms with Gasteiger partial charge in [-0.1, -0.05) is 30.9 Å².